The summed E-state index contributed by atoms with van der Waals surface area (Å²) in [4.78, 5) is 9.26. The third-order valence-electron chi connectivity index (χ3n) is 0.805. The molecule has 0 heterocycles. The summed E-state index contributed by atoms with van der Waals surface area (Å²) in [5, 5.41) is 0. The highest BCUT2D eigenvalue weighted by Gasteiger charge is 2.60. The maximum Gasteiger partial charge on any atom is 0.496 e. The summed E-state index contributed by atoms with van der Waals surface area (Å²) < 4.78 is 82.0. The zero-order valence-corrected chi connectivity index (χ0v) is 5.54. The maximum atomic E-state index is 11.4. The molecule has 9 heteroatoms. The second-order valence-electron chi connectivity index (χ2n) is 1.82. The summed E-state index contributed by atoms with van der Waals surface area (Å²) in [7, 11) is 0. The first kappa shape index (κ1) is 12.0. The average molecular weight is 214 g/mol. The Hall–Kier alpha value is -1.02. The average Bonchev–Trinajstić information content (AvgIpc) is 1.77. The van der Waals surface area contributed by atoms with Crippen molar-refractivity contribution in [2.45, 2.75) is 18.5 Å². The van der Waals surface area contributed by atoms with E-state index in [2.05, 4.69) is 4.74 Å². The van der Waals surface area contributed by atoms with Crippen molar-refractivity contribution in [3.05, 3.63) is 0 Å². The summed E-state index contributed by atoms with van der Waals surface area (Å²) in [6.07, 6.45) is -19.3. The summed E-state index contributed by atoms with van der Waals surface area (Å²) >= 11 is 0. The molecule has 0 rings (SSSR count). The van der Waals surface area contributed by atoms with Crippen molar-refractivity contribution in [1.82, 2.24) is 0 Å². The Morgan fingerprint density at radius 3 is 1.38 bits per heavy atom. The minimum absolute atomic E-state index is 2.42. The van der Waals surface area contributed by atoms with Crippen molar-refractivity contribution in [2.24, 2.45) is 0 Å². The molecule has 0 amide bonds. The van der Waals surface area contributed by atoms with Gasteiger partial charge in [0.25, 0.3) is 6.10 Å². The van der Waals surface area contributed by atoms with Crippen LogP contribution in [-0.4, -0.2) is 24.7 Å². The molecule has 0 spiro atoms. The largest absolute Gasteiger partial charge is 0.496 e. The zero-order valence-electron chi connectivity index (χ0n) is 5.54. The first-order valence-corrected chi connectivity index (χ1v) is 2.54. The van der Waals surface area contributed by atoms with E-state index in [1.54, 1.807) is 0 Å². The van der Waals surface area contributed by atoms with Crippen LogP contribution in [0.1, 0.15) is 0 Å². The number of halogens is 7. The van der Waals surface area contributed by atoms with E-state index >= 15 is 0 Å². The molecular weight excluding hydrogens is 213 g/mol. The number of carbonyl (C=O) groups excluding carboxylic acids is 1. The van der Waals surface area contributed by atoms with E-state index in [1.165, 1.54) is 0 Å². The Bertz CT molecular complexity index is 178. The number of rotatable bonds is 1. The van der Waals surface area contributed by atoms with Gasteiger partial charge < -0.3 is 4.74 Å². The molecule has 0 aliphatic heterocycles. The van der Waals surface area contributed by atoms with Crippen LogP contribution in [0.25, 0.3) is 0 Å². The molecule has 0 radical (unpaired) electrons. The highest BCUT2D eigenvalue weighted by Crippen LogP contribution is 2.35. The van der Waals surface area contributed by atoms with E-state index < -0.39 is 24.7 Å². The Morgan fingerprint density at radius 2 is 1.31 bits per heavy atom. The van der Waals surface area contributed by atoms with Gasteiger partial charge in [0.15, 0.2) is 0 Å². The Kier molecular flexibility index (Phi) is 3.12. The third-order valence-corrected chi connectivity index (χ3v) is 0.805. The van der Waals surface area contributed by atoms with Gasteiger partial charge in [-0.3, -0.25) is 0 Å². The van der Waals surface area contributed by atoms with Gasteiger partial charge in [0.2, 0.25) is 0 Å². The third kappa shape index (κ3) is 3.95. The van der Waals surface area contributed by atoms with Crippen LogP contribution in [0.5, 0.6) is 0 Å². The van der Waals surface area contributed by atoms with E-state index in [0.29, 0.717) is 0 Å². The van der Waals surface area contributed by atoms with Crippen LogP contribution < -0.4 is 0 Å². The Morgan fingerprint density at radius 1 is 1.00 bits per heavy atom. The van der Waals surface area contributed by atoms with E-state index in [4.69, 9.17) is 0 Å². The summed E-state index contributed by atoms with van der Waals surface area (Å²) in [5.41, 5.74) is 0. The van der Waals surface area contributed by atoms with Gasteiger partial charge in [0.1, 0.15) is 0 Å². The van der Waals surface area contributed by atoms with Gasteiger partial charge in [-0.05, 0) is 0 Å². The van der Waals surface area contributed by atoms with Gasteiger partial charge in [0.05, 0.1) is 0 Å². The molecule has 0 aromatic heterocycles. The second-order valence-corrected chi connectivity index (χ2v) is 1.82. The topological polar surface area (TPSA) is 26.3 Å². The molecule has 0 atom stereocenters. The quantitative estimate of drug-likeness (QED) is 0.495. The van der Waals surface area contributed by atoms with Crippen LogP contribution in [0, 0.1) is 0 Å². The molecule has 0 fully saturated rings. The predicted octanol–water partition coefficient (Wildman–Crippen LogP) is 2.59. The molecule has 78 valence electrons. The lowest BCUT2D eigenvalue weighted by atomic mass is 10.3. The molecular formula is C4HF7O2. The molecule has 0 bridgehead atoms. The highest BCUT2D eigenvalue weighted by atomic mass is 19.4. The van der Waals surface area contributed by atoms with E-state index in [0.717, 1.165) is 0 Å². The van der Waals surface area contributed by atoms with Gasteiger partial charge in [0, 0.05) is 0 Å². The minimum Gasteiger partial charge on any atom is -0.417 e. The van der Waals surface area contributed by atoms with Crippen molar-refractivity contribution in [3.63, 3.8) is 0 Å². The standard InChI is InChI=1S/C4HF7O2/c5-2(12)13-1(3(6,7)8)4(9,10)11/h1H. The molecule has 0 unspecified atom stereocenters. The fourth-order valence-corrected chi connectivity index (χ4v) is 0.412. The molecule has 13 heavy (non-hydrogen) atoms. The lowest BCUT2D eigenvalue weighted by molar-refractivity contribution is -0.308. The number of carbonyl (C=O) groups is 1. The van der Waals surface area contributed by atoms with Crippen molar-refractivity contribution in [2.75, 3.05) is 0 Å². The predicted molar refractivity (Wildman–Crippen MR) is 23.5 cm³/mol. The van der Waals surface area contributed by atoms with Gasteiger partial charge in [-0.2, -0.15) is 26.3 Å². The van der Waals surface area contributed by atoms with Crippen molar-refractivity contribution < 1.29 is 40.3 Å². The number of ether oxygens (including phenoxy) is 1. The first-order chi connectivity index (χ1) is 5.55. The van der Waals surface area contributed by atoms with Crippen LogP contribution in [0.2, 0.25) is 0 Å². The van der Waals surface area contributed by atoms with E-state index in [1.807, 2.05) is 0 Å². The van der Waals surface area contributed by atoms with Crippen LogP contribution in [0.15, 0.2) is 0 Å². The smallest absolute Gasteiger partial charge is 0.417 e. The zero-order chi connectivity index (χ0) is 10.9. The lowest BCUT2D eigenvalue weighted by Crippen LogP contribution is -2.44. The minimum atomic E-state index is -5.88. The monoisotopic (exact) mass is 214 g/mol. The number of alkyl halides is 6. The Labute approximate surface area is 66.3 Å². The Balaban J connectivity index is 4.68. The van der Waals surface area contributed by atoms with E-state index in [-0.39, 0.29) is 0 Å². The highest BCUT2D eigenvalue weighted by molar-refractivity contribution is 5.58. The molecule has 0 aromatic rings. The van der Waals surface area contributed by atoms with Crippen molar-refractivity contribution in [3.8, 4) is 0 Å². The molecule has 0 saturated heterocycles. The second kappa shape index (κ2) is 3.38. The van der Waals surface area contributed by atoms with Gasteiger partial charge in [-0.25, -0.2) is 4.79 Å². The summed E-state index contributed by atoms with van der Waals surface area (Å²) in [6, 6.07) is 0. The molecule has 0 aliphatic rings. The van der Waals surface area contributed by atoms with Crippen LogP contribution >= 0.6 is 0 Å². The van der Waals surface area contributed by atoms with E-state index in [9.17, 15) is 35.5 Å². The van der Waals surface area contributed by atoms with Gasteiger partial charge in [-0.15, -0.1) is 4.39 Å². The fourth-order valence-electron chi connectivity index (χ4n) is 0.412. The molecule has 0 saturated carbocycles. The fraction of sp³-hybridized carbons (Fsp3) is 0.750. The van der Waals surface area contributed by atoms with Crippen LogP contribution in [0.3, 0.4) is 0 Å². The number of hydrogen-bond donors (Lipinski definition) is 0. The molecule has 0 aromatic carbocycles. The molecule has 2 nitrogen and oxygen atoms in total. The SMILES string of the molecule is O=C(F)OC(C(F)(F)F)C(F)(F)F. The van der Waals surface area contributed by atoms with Crippen LogP contribution in [0.4, 0.5) is 35.5 Å². The molecule has 0 N–H and O–H groups in total. The molecule has 0 aliphatic carbocycles. The van der Waals surface area contributed by atoms with Crippen LogP contribution in [-0.2, 0) is 4.74 Å². The van der Waals surface area contributed by atoms with Crippen molar-refractivity contribution in [1.29, 1.82) is 0 Å². The lowest BCUT2D eigenvalue weighted by Gasteiger charge is -2.20. The maximum absolute atomic E-state index is 11.4. The normalized spacial score (nSPS) is 13.2. The number of hydrogen-bond acceptors (Lipinski definition) is 2. The van der Waals surface area contributed by atoms with Crippen molar-refractivity contribution >= 4 is 6.22 Å². The van der Waals surface area contributed by atoms with Gasteiger partial charge in [-0.1, -0.05) is 0 Å². The van der Waals surface area contributed by atoms with Gasteiger partial charge >= 0.3 is 18.6 Å². The summed E-state index contributed by atoms with van der Waals surface area (Å²) in [5.74, 6) is 0. The summed E-state index contributed by atoms with van der Waals surface area (Å²) in [6.45, 7) is 0. The first-order valence-electron chi connectivity index (χ1n) is 2.54.